The maximum atomic E-state index is 13.2. The molecule has 1 atom stereocenters. The molecule has 7 nitrogen and oxygen atoms in total. The molecule has 3 aromatic rings. The number of methoxy groups -OCH3 is 1. The number of amides is 1. The summed E-state index contributed by atoms with van der Waals surface area (Å²) >= 11 is 5.95. The van der Waals surface area contributed by atoms with Gasteiger partial charge in [0.2, 0.25) is 0 Å². The van der Waals surface area contributed by atoms with Gasteiger partial charge in [-0.15, -0.1) is 0 Å². The van der Waals surface area contributed by atoms with E-state index < -0.39 is 22.8 Å². The Balaban J connectivity index is 1.86. The van der Waals surface area contributed by atoms with Gasteiger partial charge in [-0.3, -0.25) is 14.9 Å². The summed E-state index contributed by atoms with van der Waals surface area (Å²) in [6, 6.07) is 14.6. The smallest absolute Gasteiger partial charge is 0.270 e. The van der Waals surface area contributed by atoms with Gasteiger partial charge in [0.15, 0.2) is 6.10 Å². The van der Waals surface area contributed by atoms with E-state index in [2.05, 4.69) is 5.32 Å². The summed E-state index contributed by atoms with van der Waals surface area (Å²) in [6.45, 7) is 1.52. The molecule has 3 rings (SSSR count). The lowest BCUT2D eigenvalue weighted by atomic mass is 10.0. The van der Waals surface area contributed by atoms with E-state index in [1.807, 2.05) is 0 Å². The van der Waals surface area contributed by atoms with E-state index in [4.69, 9.17) is 21.1 Å². The molecule has 31 heavy (non-hydrogen) atoms. The predicted molar refractivity (Wildman–Crippen MR) is 115 cm³/mol. The molecular formula is C22H18ClFN2O5. The molecule has 0 fully saturated rings. The van der Waals surface area contributed by atoms with Gasteiger partial charge >= 0.3 is 0 Å². The lowest BCUT2D eigenvalue weighted by Gasteiger charge is -2.18. The molecule has 160 valence electrons. The van der Waals surface area contributed by atoms with Gasteiger partial charge < -0.3 is 14.8 Å². The number of non-ortho nitro benzene ring substituents is 1. The second-order valence-corrected chi connectivity index (χ2v) is 6.95. The molecule has 0 radical (unpaired) electrons. The summed E-state index contributed by atoms with van der Waals surface area (Å²) in [5.74, 6) is -0.140. The van der Waals surface area contributed by atoms with Crippen molar-refractivity contribution in [3.63, 3.8) is 0 Å². The van der Waals surface area contributed by atoms with Crippen LogP contribution in [0.1, 0.15) is 6.92 Å². The second-order valence-electron chi connectivity index (χ2n) is 6.54. The van der Waals surface area contributed by atoms with Crippen molar-refractivity contribution < 1.29 is 23.6 Å². The summed E-state index contributed by atoms with van der Waals surface area (Å²) < 4.78 is 24.1. The fraction of sp³-hybridized carbons (Fsp3) is 0.136. The van der Waals surface area contributed by atoms with Crippen molar-refractivity contribution in [3.05, 3.63) is 81.6 Å². The minimum absolute atomic E-state index is 0.0507. The molecule has 0 bridgehead atoms. The van der Waals surface area contributed by atoms with Gasteiger partial charge in [0, 0.05) is 17.7 Å². The standard InChI is InChI=1S/C22H18ClFN2O5/c1-13(22(27)25-20-9-5-15(24)11-19(20)23)31-21-10-6-16(26(28)29)12-18(21)14-3-7-17(30-2)8-4-14/h3-13H,1-2H3,(H,25,27)/t13-/m1/s1. The van der Waals surface area contributed by atoms with Gasteiger partial charge in [0.25, 0.3) is 11.6 Å². The fourth-order valence-corrected chi connectivity index (χ4v) is 3.01. The van der Waals surface area contributed by atoms with E-state index in [0.29, 0.717) is 16.9 Å². The number of nitro benzene ring substituents is 1. The third-order valence-electron chi connectivity index (χ3n) is 4.44. The Hall–Kier alpha value is -3.65. The molecule has 9 heteroatoms. The zero-order valence-electron chi connectivity index (χ0n) is 16.6. The van der Waals surface area contributed by atoms with Crippen molar-refractivity contribution in [1.82, 2.24) is 0 Å². The van der Waals surface area contributed by atoms with Crippen molar-refractivity contribution in [3.8, 4) is 22.6 Å². The minimum Gasteiger partial charge on any atom is -0.497 e. The number of benzene rings is 3. The summed E-state index contributed by atoms with van der Waals surface area (Å²) in [5, 5.41) is 13.9. The number of nitrogens with zero attached hydrogens (tertiary/aromatic N) is 1. The maximum absolute atomic E-state index is 13.2. The van der Waals surface area contributed by atoms with Gasteiger partial charge in [-0.25, -0.2) is 4.39 Å². The normalized spacial score (nSPS) is 11.5. The second kappa shape index (κ2) is 9.44. The number of hydrogen-bond donors (Lipinski definition) is 1. The number of nitro groups is 1. The highest BCUT2D eigenvalue weighted by atomic mass is 35.5. The van der Waals surface area contributed by atoms with Gasteiger partial charge in [-0.05, 0) is 48.9 Å². The van der Waals surface area contributed by atoms with Crippen LogP contribution in [0.15, 0.2) is 60.7 Å². The monoisotopic (exact) mass is 444 g/mol. The van der Waals surface area contributed by atoms with Gasteiger partial charge in [0.1, 0.15) is 17.3 Å². The van der Waals surface area contributed by atoms with Crippen LogP contribution in [0.4, 0.5) is 15.8 Å². The van der Waals surface area contributed by atoms with Crippen LogP contribution in [0.3, 0.4) is 0 Å². The van der Waals surface area contributed by atoms with E-state index in [1.54, 1.807) is 24.3 Å². The van der Waals surface area contributed by atoms with Crippen molar-refractivity contribution in [1.29, 1.82) is 0 Å². The molecule has 0 aliphatic carbocycles. The molecule has 0 aliphatic heterocycles. The van der Waals surface area contributed by atoms with E-state index in [-0.39, 0.29) is 22.1 Å². The summed E-state index contributed by atoms with van der Waals surface area (Å²) in [6.07, 6.45) is -0.973. The van der Waals surface area contributed by atoms with E-state index in [0.717, 1.165) is 6.07 Å². The van der Waals surface area contributed by atoms with Crippen LogP contribution in [-0.2, 0) is 4.79 Å². The van der Waals surface area contributed by atoms with Crippen LogP contribution in [0.2, 0.25) is 5.02 Å². The Kier molecular flexibility index (Phi) is 6.71. The molecule has 0 heterocycles. The third-order valence-corrected chi connectivity index (χ3v) is 4.75. The molecule has 0 aliphatic rings. The highest BCUT2D eigenvalue weighted by Crippen LogP contribution is 2.35. The van der Waals surface area contributed by atoms with Gasteiger partial charge in [0.05, 0.1) is 22.7 Å². The van der Waals surface area contributed by atoms with Crippen LogP contribution in [-0.4, -0.2) is 24.0 Å². The van der Waals surface area contributed by atoms with Crippen LogP contribution < -0.4 is 14.8 Å². The largest absolute Gasteiger partial charge is 0.497 e. The Morgan fingerprint density at radius 2 is 1.84 bits per heavy atom. The molecule has 0 saturated heterocycles. The number of rotatable bonds is 7. The Bertz CT molecular complexity index is 1120. The zero-order chi connectivity index (χ0) is 22.5. The van der Waals surface area contributed by atoms with Crippen LogP contribution in [0, 0.1) is 15.9 Å². The molecule has 0 spiro atoms. The third kappa shape index (κ3) is 5.29. The fourth-order valence-electron chi connectivity index (χ4n) is 2.80. The van der Waals surface area contributed by atoms with Gasteiger partial charge in [-0.2, -0.15) is 0 Å². The van der Waals surface area contributed by atoms with Crippen molar-refractivity contribution in [2.45, 2.75) is 13.0 Å². The molecule has 1 N–H and O–H groups in total. The van der Waals surface area contributed by atoms with Crippen molar-refractivity contribution in [2.24, 2.45) is 0 Å². The minimum atomic E-state index is -0.973. The molecule has 0 saturated carbocycles. The lowest BCUT2D eigenvalue weighted by Crippen LogP contribution is -2.30. The number of nitrogens with one attached hydrogen (secondary N) is 1. The molecule has 0 aromatic heterocycles. The van der Waals surface area contributed by atoms with Crippen molar-refractivity contribution >= 4 is 28.9 Å². The average Bonchev–Trinajstić information content (AvgIpc) is 2.75. The number of hydrogen-bond acceptors (Lipinski definition) is 5. The Labute approximate surface area is 182 Å². The average molecular weight is 445 g/mol. The molecule has 1 amide bonds. The maximum Gasteiger partial charge on any atom is 0.270 e. The summed E-state index contributed by atoms with van der Waals surface area (Å²) in [4.78, 5) is 23.3. The van der Waals surface area contributed by atoms with Gasteiger partial charge in [-0.1, -0.05) is 23.7 Å². The van der Waals surface area contributed by atoms with Crippen LogP contribution in [0.25, 0.3) is 11.1 Å². The van der Waals surface area contributed by atoms with Crippen LogP contribution in [0.5, 0.6) is 11.5 Å². The number of halogens is 2. The van der Waals surface area contributed by atoms with Crippen molar-refractivity contribution in [2.75, 3.05) is 12.4 Å². The molecular weight excluding hydrogens is 427 g/mol. The van der Waals surface area contributed by atoms with E-state index in [1.165, 1.54) is 44.4 Å². The van der Waals surface area contributed by atoms with E-state index in [9.17, 15) is 19.3 Å². The lowest BCUT2D eigenvalue weighted by molar-refractivity contribution is -0.384. The highest BCUT2D eigenvalue weighted by Gasteiger charge is 2.20. The quantitative estimate of drug-likeness (QED) is 0.385. The Morgan fingerprint density at radius 3 is 2.45 bits per heavy atom. The molecule has 0 unspecified atom stereocenters. The van der Waals surface area contributed by atoms with E-state index >= 15 is 0 Å². The topological polar surface area (TPSA) is 90.7 Å². The summed E-state index contributed by atoms with van der Waals surface area (Å²) in [5.41, 5.74) is 1.21. The first-order chi connectivity index (χ1) is 14.8. The first-order valence-corrected chi connectivity index (χ1v) is 9.51. The highest BCUT2D eigenvalue weighted by molar-refractivity contribution is 6.33. The number of carbonyl (C=O) groups is 1. The first kappa shape index (κ1) is 22.0. The van der Waals surface area contributed by atoms with Crippen LogP contribution >= 0.6 is 11.6 Å². The zero-order valence-corrected chi connectivity index (χ0v) is 17.4. The number of ether oxygens (including phenoxy) is 2. The number of carbonyl (C=O) groups excluding carboxylic acids is 1. The molecule has 3 aromatic carbocycles. The number of anilines is 1. The SMILES string of the molecule is COc1ccc(-c2cc([N+](=O)[O-])ccc2O[C@H](C)C(=O)Nc2ccc(F)cc2Cl)cc1. The summed E-state index contributed by atoms with van der Waals surface area (Å²) in [7, 11) is 1.53. The Morgan fingerprint density at radius 1 is 1.13 bits per heavy atom. The first-order valence-electron chi connectivity index (χ1n) is 9.14. The predicted octanol–water partition coefficient (Wildman–Crippen LogP) is 5.47.